The van der Waals surface area contributed by atoms with Gasteiger partial charge in [0.15, 0.2) is 5.82 Å². The standard InChI is InChI=1S/C18H18FN5O/c1-23-10-14(6-7-15(23)25)24-11-22-16(12-2-4-13(19)5-3-12)17(24)18-20-8-9-21-18/h2-5,8-9,11,14H,6-7,10H2,1H3,(H,20,21). The molecule has 1 fully saturated rings. The molecule has 1 unspecified atom stereocenters. The molecule has 0 bridgehead atoms. The van der Waals surface area contributed by atoms with Crippen molar-refractivity contribution in [3.05, 3.63) is 48.8 Å². The number of halogens is 1. The lowest BCUT2D eigenvalue weighted by molar-refractivity contribution is -0.132. The molecule has 0 radical (unpaired) electrons. The molecule has 6 nitrogen and oxygen atoms in total. The summed E-state index contributed by atoms with van der Waals surface area (Å²) in [6.07, 6.45) is 6.51. The van der Waals surface area contributed by atoms with Gasteiger partial charge in [-0.05, 0) is 30.7 Å². The van der Waals surface area contributed by atoms with Crippen LogP contribution in [0, 0.1) is 5.82 Å². The molecule has 2 aromatic heterocycles. The summed E-state index contributed by atoms with van der Waals surface area (Å²) in [6, 6.07) is 6.40. The second kappa shape index (κ2) is 6.16. The van der Waals surface area contributed by atoms with Gasteiger partial charge in [-0.1, -0.05) is 0 Å². The monoisotopic (exact) mass is 339 g/mol. The highest BCUT2D eigenvalue weighted by atomic mass is 19.1. The molecule has 4 rings (SSSR count). The number of piperidine rings is 1. The zero-order valence-electron chi connectivity index (χ0n) is 13.8. The fourth-order valence-electron chi connectivity index (χ4n) is 3.30. The van der Waals surface area contributed by atoms with Gasteiger partial charge in [-0.2, -0.15) is 0 Å². The van der Waals surface area contributed by atoms with Crippen molar-refractivity contribution in [1.82, 2.24) is 24.4 Å². The summed E-state index contributed by atoms with van der Waals surface area (Å²) in [7, 11) is 1.82. The minimum Gasteiger partial charge on any atom is -0.344 e. The van der Waals surface area contributed by atoms with Gasteiger partial charge in [0, 0.05) is 38.0 Å². The first-order valence-electron chi connectivity index (χ1n) is 8.20. The molecule has 128 valence electrons. The summed E-state index contributed by atoms with van der Waals surface area (Å²) in [5, 5.41) is 0. The van der Waals surface area contributed by atoms with Gasteiger partial charge in [-0.25, -0.2) is 14.4 Å². The normalized spacial score (nSPS) is 17.9. The Hall–Kier alpha value is -2.96. The maximum atomic E-state index is 13.3. The molecule has 1 aliphatic rings. The number of likely N-dealkylation sites (tertiary alicyclic amines) is 1. The molecule has 7 heteroatoms. The van der Waals surface area contributed by atoms with Gasteiger partial charge in [0.05, 0.1) is 18.1 Å². The van der Waals surface area contributed by atoms with E-state index in [9.17, 15) is 9.18 Å². The zero-order valence-corrected chi connectivity index (χ0v) is 13.8. The molecule has 25 heavy (non-hydrogen) atoms. The van der Waals surface area contributed by atoms with Crippen molar-refractivity contribution in [3.8, 4) is 22.8 Å². The largest absolute Gasteiger partial charge is 0.344 e. The SMILES string of the molecule is CN1CC(n2cnc(-c3ccc(F)cc3)c2-c2ncc[nH]2)CCC1=O. The van der Waals surface area contributed by atoms with E-state index in [-0.39, 0.29) is 17.8 Å². The Morgan fingerprint density at radius 1 is 1.24 bits per heavy atom. The molecular formula is C18H18FN5O. The van der Waals surface area contributed by atoms with E-state index in [4.69, 9.17) is 0 Å². The third kappa shape index (κ3) is 2.82. The third-order valence-electron chi connectivity index (χ3n) is 4.63. The fourth-order valence-corrected chi connectivity index (χ4v) is 3.30. The van der Waals surface area contributed by atoms with Gasteiger partial charge in [-0.15, -0.1) is 0 Å². The Balaban J connectivity index is 1.80. The number of nitrogens with zero attached hydrogens (tertiary/aromatic N) is 4. The number of nitrogens with one attached hydrogen (secondary N) is 1. The number of imidazole rings is 2. The number of H-pyrrole nitrogens is 1. The summed E-state index contributed by atoms with van der Waals surface area (Å²) in [5.74, 6) is 0.584. The van der Waals surface area contributed by atoms with Crippen molar-refractivity contribution in [2.75, 3.05) is 13.6 Å². The lowest BCUT2D eigenvalue weighted by atomic mass is 10.0. The minimum absolute atomic E-state index is 0.129. The molecule has 1 aliphatic heterocycles. The van der Waals surface area contributed by atoms with Crippen molar-refractivity contribution >= 4 is 5.91 Å². The average molecular weight is 339 g/mol. The van der Waals surface area contributed by atoms with Crippen molar-refractivity contribution < 1.29 is 9.18 Å². The average Bonchev–Trinajstić information content (AvgIpc) is 3.27. The van der Waals surface area contributed by atoms with Crippen LogP contribution < -0.4 is 0 Å². The van der Waals surface area contributed by atoms with E-state index in [0.717, 1.165) is 23.4 Å². The van der Waals surface area contributed by atoms with Crippen LogP contribution in [0.15, 0.2) is 43.0 Å². The minimum atomic E-state index is -0.282. The number of carbonyl (C=O) groups is 1. The second-order valence-corrected chi connectivity index (χ2v) is 6.26. The molecule has 1 atom stereocenters. The maximum Gasteiger partial charge on any atom is 0.222 e. The number of aromatic amines is 1. The molecule has 0 saturated carbocycles. The number of amides is 1. The van der Waals surface area contributed by atoms with Crippen LogP contribution in [-0.4, -0.2) is 43.9 Å². The number of benzene rings is 1. The van der Waals surface area contributed by atoms with Crippen molar-refractivity contribution in [1.29, 1.82) is 0 Å². The molecular weight excluding hydrogens is 321 g/mol. The number of hydrogen-bond donors (Lipinski definition) is 1. The number of aromatic nitrogens is 4. The lowest BCUT2D eigenvalue weighted by Gasteiger charge is -2.31. The van der Waals surface area contributed by atoms with E-state index in [1.165, 1.54) is 12.1 Å². The highest BCUT2D eigenvalue weighted by Gasteiger charge is 2.28. The number of hydrogen-bond acceptors (Lipinski definition) is 3. The second-order valence-electron chi connectivity index (χ2n) is 6.26. The van der Waals surface area contributed by atoms with E-state index >= 15 is 0 Å². The molecule has 0 spiro atoms. The van der Waals surface area contributed by atoms with Crippen LogP contribution in [0.25, 0.3) is 22.8 Å². The van der Waals surface area contributed by atoms with Gasteiger partial charge in [0.2, 0.25) is 5.91 Å². The lowest BCUT2D eigenvalue weighted by Crippen LogP contribution is -2.37. The highest BCUT2D eigenvalue weighted by molar-refractivity contribution is 5.77. The zero-order chi connectivity index (χ0) is 17.4. The first kappa shape index (κ1) is 15.6. The fraction of sp³-hybridized carbons (Fsp3) is 0.278. The van der Waals surface area contributed by atoms with E-state index in [1.54, 1.807) is 35.8 Å². The predicted molar refractivity (Wildman–Crippen MR) is 91.1 cm³/mol. The summed E-state index contributed by atoms with van der Waals surface area (Å²) in [6.45, 7) is 0.631. The number of rotatable bonds is 3. The van der Waals surface area contributed by atoms with Gasteiger partial charge in [0.25, 0.3) is 0 Å². The van der Waals surface area contributed by atoms with E-state index in [1.807, 2.05) is 7.05 Å². The van der Waals surface area contributed by atoms with Crippen LogP contribution in [0.2, 0.25) is 0 Å². The number of likely N-dealkylation sites (N-methyl/N-ethyl adjacent to an activating group) is 1. The summed E-state index contributed by atoms with van der Waals surface area (Å²) in [4.78, 5) is 25.6. The molecule has 1 saturated heterocycles. The molecule has 1 amide bonds. The van der Waals surface area contributed by atoms with Gasteiger partial charge in [0.1, 0.15) is 11.5 Å². The predicted octanol–water partition coefficient (Wildman–Crippen LogP) is 2.87. The van der Waals surface area contributed by atoms with Crippen LogP contribution in [0.1, 0.15) is 18.9 Å². The van der Waals surface area contributed by atoms with E-state index in [2.05, 4.69) is 19.5 Å². The topological polar surface area (TPSA) is 66.8 Å². The number of carbonyl (C=O) groups excluding carboxylic acids is 1. The molecule has 3 aromatic rings. The molecule has 0 aliphatic carbocycles. The smallest absolute Gasteiger partial charge is 0.222 e. The molecule has 1 N–H and O–H groups in total. The Morgan fingerprint density at radius 3 is 2.72 bits per heavy atom. The third-order valence-corrected chi connectivity index (χ3v) is 4.63. The van der Waals surface area contributed by atoms with Crippen molar-refractivity contribution in [2.24, 2.45) is 0 Å². The first-order valence-corrected chi connectivity index (χ1v) is 8.20. The first-order chi connectivity index (χ1) is 12.1. The molecule has 1 aromatic carbocycles. The van der Waals surface area contributed by atoms with Crippen LogP contribution >= 0.6 is 0 Å². The van der Waals surface area contributed by atoms with Crippen LogP contribution in [0.5, 0.6) is 0 Å². The Kier molecular flexibility index (Phi) is 3.83. The van der Waals surface area contributed by atoms with Gasteiger partial charge < -0.3 is 14.5 Å². The van der Waals surface area contributed by atoms with Crippen molar-refractivity contribution in [3.63, 3.8) is 0 Å². The van der Waals surface area contributed by atoms with Crippen LogP contribution in [0.3, 0.4) is 0 Å². The van der Waals surface area contributed by atoms with Gasteiger partial charge in [-0.3, -0.25) is 4.79 Å². The van der Waals surface area contributed by atoms with Crippen LogP contribution in [0.4, 0.5) is 4.39 Å². The quantitative estimate of drug-likeness (QED) is 0.798. The Morgan fingerprint density at radius 2 is 2.04 bits per heavy atom. The van der Waals surface area contributed by atoms with E-state index < -0.39 is 0 Å². The highest BCUT2D eigenvalue weighted by Crippen LogP contribution is 2.34. The van der Waals surface area contributed by atoms with E-state index in [0.29, 0.717) is 18.8 Å². The van der Waals surface area contributed by atoms with Crippen LogP contribution in [-0.2, 0) is 4.79 Å². The summed E-state index contributed by atoms with van der Waals surface area (Å²) in [5.41, 5.74) is 2.42. The Bertz CT molecular complexity index is 885. The van der Waals surface area contributed by atoms with Gasteiger partial charge >= 0.3 is 0 Å². The summed E-state index contributed by atoms with van der Waals surface area (Å²) < 4.78 is 15.3. The summed E-state index contributed by atoms with van der Waals surface area (Å²) >= 11 is 0. The van der Waals surface area contributed by atoms with Crippen molar-refractivity contribution in [2.45, 2.75) is 18.9 Å². The maximum absolute atomic E-state index is 13.3. The molecule has 3 heterocycles. The Labute approximate surface area is 144 Å².